The molecule has 1 heterocycles. The van der Waals surface area contributed by atoms with Gasteiger partial charge in [-0.05, 0) is 44.4 Å². The molecular weight excluding hydrogens is 281 g/mol. The molecule has 1 aliphatic heterocycles. The van der Waals surface area contributed by atoms with E-state index in [1.54, 1.807) is 0 Å². The van der Waals surface area contributed by atoms with Crippen LogP contribution in [0.25, 0.3) is 0 Å². The molecule has 0 spiro atoms. The largest absolute Gasteiger partial charge is 0.392 e. The lowest BCUT2D eigenvalue weighted by Gasteiger charge is -2.37. The second-order valence-corrected chi connectivity index (χ2v) is 7.20. The second kappa shape index (κ2) is 5.79. The molecule has 2 atom stereocenters. The van der Waals surface area contributed by atoms with Crippen LogP contribution in [0.3, 0.4) is 0 Å². The standard InChI is InChI=1S/C14H20FNO3S/c1-10-4-3-5-11(2)16(10)20(18,19)14-8-12(9-17)6-7-13(14)15/h6-8,10-11,17H,3-5,9H2,1-2H3. The predicted molar refractivity (Wildman–Crippen MR) is 74.1 cm³/mol. The number of sulfonamides is 1. The van der Waals surface area contributed by atoms with Crippen LogP contribution >= 0.6 is 0 Å². The third-order valence-corrected chi connectivity index (χ3v) is 5.99. The fourth-order valence-corrected chi connectivity index (χ4v) is 4.83. The summed E-state index contributed by atoms with van der Waals surface area (Å²) in [4.78, 5) is -0.343. The molecule has 1 saturated heterocycles. The zero-order chi connectivity index (χ0) is 14.9. The number of hydrogen-bond donors (Lipinski definition) is 1. The van der Waals surface area contributed by atoms with Crippen molar-refractivity contribution in [3.8, 4) is 0 Å². The van der Waals surface area contributed by atoms with Crippen molar-refractivity contribution in [1.82, 2.24) is 4.31 Å². The first-order valence-corrected chi connectivity index (χ1v) is 8.24. The van der Waals surface area contributed by atoms with Gasteiger partial charge in [-0.1, -0.05) is 12.5 Å². The average molecular weight is 301 g/mol. The van der Waals surface area contributed by atoms with Gasteiger partial charge in [-0.3, -0.25) is 0 Å². The fourth-order valence-electron chi connectivity index (χ4n) is 2.83. The van der Waals surface area contributed by atoms with E-state index in [0.717, 1.165) is 25.3 Å². The molecule has 112 valence electrons. The highest BCUT2D eigenvalue weighted by Crippen LogP contribution is 2.30. The van der Waals surface area contributed by atoms with Crippen molar-refractivity contribution >= 4 is 10.0 Å². The zero-order valence-corrected chi connectivity index (χ0v) is 12.5. The number of aliphatic hydroxyl groups is 1. The molecule has 6 heteroatoms. The highest BCUT2D eigenvalue weighted by molar-refractivity contribution is 7.89. The Morgan fingerprint density at radius 1 is 1.30 bits per heavy atom. The third-order valence-electron chi connectivity index (χ3n) is 3.85. The SMILES string of the molecule is CC1CCCC(C)N1S(=O)(=O)c1cc(CO)ccc1F. The number of rotatable bonds is 3. The zero-order valence-electron chi connectivity index (χ0n) is 11.7. The highest BCUT2D eigenvalue weighted by atomic mass is 32.2. The van der Waals surface area contributed by atoms with Crippen LogP contribution in [0.1, 0.15) is 38.7 Å². The van der Waals surface area contributed by atoms with Crippen LogP contribution in [-0.2, 0) is 16.6 Å². The maximum Gasteiger partial charge on any atom is 0.246 e. The Labute approximate surface area is 119 Å². The molecule has 1 fully saturated rings. The monoisotopic (exact) mass is 301 g/mol. The summed E-state index contributed by atoms with van der Waals surface area (Å²) >= 11 is 0. The molecule has 0 saturated carbocycles. The first-order chi connectivity index (χ1) is 9.37. The summed E-state index contributed by atoms with van der Waals surface area (Å²) in [5.41, 5.74) is 0.391. The normalized spacial score (nSPS) is 24.8. The smallest absolute Gasteiger partial charge is 0.246 e. The van der Waals surface area contributed by atoms with Crippen molar-refractivity contribution in [3.63, 3.8) is 0 Å². The summed E-state index contributed by atoms with van der Waals surface area (Å²) in [7, 11) is -3.88. The number of halogens is 1. The molecule has 1 aromatic carbocycles. The van der Waals surface area contributed by atoms with E-state index in [1.165, 1.54) is 16.4 Å². The lowest BCUT2D eigenvalue weighted by atomic mass is 10.0. The molecule has 1 aliphatic rings. The van der Waals surface area contributed by atoms with E-state index in [-0.39, 0.29) is 23.6 Å². The van der Waals surface area contributed by atoms with Crippen LogP contribution in [0, 0.1) is 5.82 Å². The van der Waals surface area contributed by atoms with Gasteiger partial charge in [0.1, 0.15) is 10.7 Å². The lowest BCUT2D eigenvalue weighted by Crippen LogP contribution is -2.47. The predicted octanol–water partition coefficient (Wildman–Crippen LogP) is 2.27. The van der Waals surface area contributed by atoms with Crippen molar-refractivity contribution in [2.24, 2.45) is 0 Å². The minimum atomic E-state index is -3.88. The van der Waals surface area contributed by atoms with Crippen molar-refractivity contribution in [3.05, 3.63) is 29.6 Å². The summed E-state index contributed by atoms with van der Waals surface area (Å²) in [6, 6.07) is 3.43. The molecule has 1 aromatic rings. The van der Waals surface area contributed by atoms with Crippen LogP contribution in [-0.4, -0.2) is 29.9 Å². The Hall–Kier alpha value is -0.980. The first kappa shape index (κ1) is 15.4. The quantitative estimate of drug-likeness (QED) is 0.931. The van der Waals surface area contributed by atoms with Gasteiger partial charge in [0.15, 0.2) is 0 Å². The van der Waals surface area contributed by atoms with E-state index in [1.807, 2.05) is 13.8 Å². The topological polar surface area (TPSA) is 57.6 Å². The van der Waals surface area contributed by atoms with Crippen LogP contribution in [0.4, 0.5) is 4.39 Å². The Morgan fingerprint density at radius 3 is 2.45 bits per heavy atom. The molecule has 2 unspecified atom stereocenters. The molecule has 2 rings (SSSR count). The van der Waals surface area contributed by atoms with E-state index in [9.17, 15) is 12.8 Å². The first-order valence-electron chi connectivity index (χ1n) is 6.80. The number of benzene rings is 1. The molecule has 1 N–H and O–H groups in total. The third kappa shape index (κ3) is 2.73. The molecule has 20 heavy (non-hydrogen) atoms. The van der Waals surface area contributed by atoms with Gasteiger partial charge < -0.3 is 5.11 Å². The Kier molecular flexibility index (Phi) is 4.46. The molecule has 0 aliphatic carbocycles. The van der Waals surface area contributed by atoms with Crippen molar-refractivity contribution in [2.75, 3.05) is 0 Å². The molecular formula is C14H20FNO3S. The summed E-state index contributed by atoms with van der Waals surface area (Å²) in [5, 5.41) is 9.10. The summed E-state index contributed by atoms with van der Waals surface area (Å²) in [5.74, 6) is -0.771. The Balaban J connectivity index is 2.49. The van der Waals surface area contributed by atoms with Crippen LogP contribution < -0.4 is 0 Å². The van der Waals surface area contributed by atoms with E-state index in [2.05, 4.69) is 0 Å². The van der Waals surface area contributed by atoms with Gasteiger partial charge in [-0.15, -0.1) is 0 Å². The number of hydrogen-bond acceptors (Lipinski definition) is 3. The molecule has 4 nitrogen and oxygen atoms in total. The van der Waals surface area contributed by atoms with Crippen LogP contribution in [0.5, 0.6) is 0 Å². The minimum Gasteiger partial charge on any atom is -0.392 e. The van der Waals surface area contributed by atoms with Gasteiger partial charge in [-0.2, -0.15) is 4.31 Å². The molecule has 0 aromatic heterocycles. The second-order valence-electron chi connectivity index (χ2n) is 5.39. The average Bonchev–Trinajstić information content (AvgIpc) is 2.38. The van der Waals surface area contributed by atoms with Crippen molar-refractivity contribution in [2.45, 2.75) is 56.7 Å². The van der Waals surface area contributed by atoms with Crippen molar-refractivity contribution in [1.29, 1.82) is 0 Å². The van der Waals surface area contributed by atoms with E-state index in [4.69, 9.17) is 5.11 Å². The summed E-state index contributed by atoms with van der Waals surface area (Å²) in [6.07, 6.45) is 2.54. The van der Waals surface area contributed by atoms with Gasteiger partial charge in [0.05, 0.1) is 6.61 Å². The van der Waals surface area contributed by atoms with Crippen LogP contribution in [0.2, 0.25) is 0 Å². The van der Waals surface area contributed by atoms with Gasteiger partial charge in [0.2, 0.25) is 10.0 Å². The maximum atomic E-state index is 13.9. The van der Waals surface area contributed by atoms with Gasteiger partial charge >= 0.3 is 0 Å². The van der Waals surface area contributed by atoms with E-state index < -0.39 is 15.8 Å². The van der Waals surface area contributed by atoms with Gasteiger partial charge in [-0.25, -0.2) is 12.8 Å². The fraction of sp³-hybridized carbons (Fsp3) is 0.571. The van der Waals surface area contributed by atoms with E-state index in [0.29, 0.717) is 5.56 Å². The van der Waals surface area contributed by atoms with Gasteiger partial charge in [0.25, 0.3) is 0 Å². The minimum absolute atomic E-state index is 0.138. The Morgan fingerprint density at radius 2 is 1.90 bits per heavy atom. The maximum absolute atomic E-state index is 13.9. The lowest BCUT2D eigenvalue weighted by molar-refractivity contribution is 0.203. The Bertz CT molecular complexity index is 578. The number of piperidine rings is 1. The van der Waals surface area contributed by atoms with Gasteiger partial charge in [0, 0.05) is 12.1 Å². The molecule has 0 amide bonds. The van der Waals surface area contributed by atoms with Crippen molar-refractivity contribution < 1.29 is 17.9 Å². The number of nitrogens with zero attached hydrogens (tertiary/aromatic N) is 1. The van der Waals surface area contributed by atoms with Crippen LogP contribution in [0.15, 0.2) is 23.1 Å². The summed E-state index contributed by atoms with van der Waals surface area (Å²) in [6.45, 7) is 3.38. The molecule has 0 radical (unpaired) electrons. The highest BCUT2D eigenvalue weighted by Gasteiger charge is 2.37. The van der Waals surface area contributed by atoms with E-state index >= 15 is 0 Å². The summed E-state index contributed by atoms with van der Waals surface area (Å²) < 4.78 is 40.7. The molecule has 0 bridgehead atoms. The number of aliphatic hydroxyl groups excluding tert-OH is 1.